The summed E-state index contributed by atoms with van der Waals surface area (Å²) in [4.78, 5) is 19.9. The van der Waals surface area contributed by atoms with Gasteiger partial charge in [0.05, 0.1) is 12.8 Å². The average molecular weight is 516 g/mol. The Labute approximate surface area is 225 Å². The van der Waals surface area contributed by atoms with E-state index in [1.165, 1.54) is 0 Å². The first-order valence-corrected chi connectivity index (χ1v) is 12.9. The molecule has 0 aliphatic carbocycles. The van der Waals surface area contributed by atoms with Gasteiger partial charge in [0.1, 0.15) is 23.9 Å². The number of aromatic hydroxyl groups is 1. The van der Waals surface area contributed by atoms with E-state index in [2.05, 4.69) is 21.7 Å². The SMILES string of the molecule is COc1ccccc1-c1ccc(OCCN(C)C)c(C=CC(=O)c2ccc(O)cc2N2CCN(C)CC2)c1. The number of para-hydroxylation sites is 1. The van der Waals surface area contributed by atoms with Crippen LogP contribution in [-0.2, 0) is 0 Å². The van der Waals surface area contributed by atoms with Crippen LogP contribution in [0.5, 0.6) is 17.2 Å². The van der Waals surface area contributed by atoms with E-state index in [0.29, 0.717) is 17.9 Å². The monoisotopic (exact) mass is 515 g/mol. The van der Waals surface area contributed by atoms with E-state index in [1.54, 1.807) is 31.4 Å². The molecule has 1 N–H and O–H groups in total. The average Bonchev–Trinajstić information content (AvgIpc) is 2.92. The van der Waals surface area contributed by atoms with Gasteiger partial charge in [-0.3, -0.25) is 4.79 Å². The number of carbonyl (C=O) groups excluding carboxylic acids is 1. The molecule has 0 amide bonds. The number of allylic oxidation sites excluding steroid dienone is 1. The number of likely N-dealkylation sites (N-methyl/N-ethyl adjacent to an activating group) is 2. The van der Waals surface area contributed by atoms with Gasteiger partial charge in [0.2, 0.25) is 0 Å². The summed E-state index contributed by atoms with van der Waals surface area (Å²) in [5.74, 6) is 1.52. The molecule has 0 spiro atoms. The van der Waals surface area contributed by atoms with E-state index in [1.807, 2.05) is 62.6 Å². The van der Waals surface area contributed by atoms with E-state index >= 15 is 0 Å². The first-order chi connectivity index (χ1) is 18.4. The van der Waals surface area contributed by atoms with Crippen molar-refractivity contribution in [2.45, 2.75) is 0 Å². The van der Waals surface area contributed by atoms with Crippen LogP contribution in [-0.4, -0.2) is 88.3 Å². The summed E-state index contributed by atoms with van der Waals surface area (Å²) in [5, 5.41) is 10.2. The van der Waals surface area contributed by atoms with Crippen LogP contribution in [0.15, 0.2) is 66.7 Å². The maximum Gasteiger partial charge on any atom is 0.187 e. The Balaban J connectivity index is 1.65. The molecule has 0 unspecified atom stereocenters. The predicted molar refractivity (Wildman–Crippen MR) is 154 cm³/mol. The number of hydrogen-bond acceptors (Lipinski definition) is 7. The van der Waals surface area contributed by atoms with Crippen LogP contribution in [0.2, 0.25) is 0 Å². The summed E-state index contributed by atoms with van der Waals surface area (Å²) >= 11 is 0. The molecule has 1 fully saturated rings. The molecule has 3 aromatic carbocycles. The zero-order valence-corrected chi connectivity index (χ0v) is 22.7. The van der Waals surface area contributed by atoms with Crippen LogP contribution >= 0.6 is 0 Å². The number of rotatable bonds is 10. The van der Waals surface area contributed by atoms with Crippen LogP contribution in [0.3, 0.4) is 0 Å². The number of ether oxygens (including phenoxy) is 2. The molecule has 0 bridgehead atoms. The Morgan fingerprint density at radius 2 is 1.76 bits per heavy atom. The van der Waals surface area contributed by atoms with Crippen LogP contribution < -0.4 is 14.4 Å². The van der Waals surface area contributed by atoms with E-state index in [4.69, 9.17) is 9.47 Å². The molecule has 1 aliphatic rings. The summed E-state index contributed by atoms with van der Waals surface area (Å²) in [6, 6.07) is 18.8. The van der Waals surface area contributed by atoms with Crippen molar-refractivity contribution in [1.82, 2.24) is 9.80 Å². The maximum absolute atomic E-state index is 13.5. The first kappa shape index (κ1) is 27.2. The van der Waals surface area contributed by atoms with Gasteiger partial charge in [-0.15, -0.1) is 0 Å². The second kappa shape index (κ2) is 12.6. The molecule has 0 atom stereocenters. The number of anilines is 1. The summed E-state index contributed by atoms with van der Waals surface area (Å²) in [6.45, 7) is 4.72. The highest BCUT2D eigenvalue weighted by molar-refractivity contribution is 6.10. The van der Waals surface area contributed by atoms with Crippen molar-refractivity contribution in [3.63, 3.8) is 0 Å². The predicted octanol–water partition coefficient (Wildman–Crippen LogP) is 4.66. The maximum atomic E-state index is 13.5. The number of carbonyl (C=O) groups is 1. The molecule has 0 radical (unpaired) electrons. The Morgan fingerprint density at radius 1 is 1.00 bits per heavy atom. The quantitative estimate of drug-likeness (QED) is 0.311. The van der Waals surface area contributed by atoms with Crippen LogP contribution in [0, 0.1) is 0 Å². The Morgan fingerprint density at radius 3 is 2.50 bits per heavy atom. The van der Waals surface area contributed by atoms with Gasteiger partial charge in [-0.2, -0.15) is 0 Å². The van der Waals surface area contributed by atoms with Crippen LogP contribution in [0.1, 0.15) is 15.9 Å². The number of ketones is 1. The Bertz CT molecular complexity index is 1280. The lowest BCUT2D eigenvalue weighted by Gasteiger charge is -2.35. The van der Waals surface area contributed by atoms with E-state index in [0.717, 1.165) is 60.9 Å². The summed E-state index contributed by atoms with van der Waals surface area (Å²) in [5.41, 5.74) is 4.07. The highest BCUT2D eigenvalue weighted by Crippen LogP contribution is 2.34. The van der Waals surface area contributed by atoms with Crippen molar-refractivity contribution in [3.05, 3.63) is 77.9 Å². The van der Waals surface area contributed by atoms with Gasteiger partial charge in [0, 0.05) is 55.5 Å². The van der Waals surface area contributed by atoms with E-state index < -0.39 is 0 Å². The summed E-state index contributed by atoms with van der Waals surface area (Å²) in [6.07, 6.45) is 3.40. The number of piperazine rings is 1. The lowest BCUT2D eigenvalue weighted by atomic mass is 10.00. The van der Waals surface area contributed by atoms with Gasteiger partial charge in [-0.1, -0.05) is 24.3 Å². The number of nitrogens with zero attached hydrogens (tertiary/aromatic N) is 3. The molecule has 1 heterocycles. The van der Waals surface area contributed by atoms with Gasteiger partial charge >= 0.3 is 0 Å². The van der Waals surface area contributed by atoms with E-state index in [-0.39, 0.29) is 11.5 Å². The summed E-state index contributed by atoms with van der Waals surface area (Å²) < 4.78 is 11.7. The van der Waals surface area contributed by atoms with Crippen molar-refractivity contribution in [2.24, 2.45) is 0 Å². The van der Waals surface area contributed by atoms with Crippen molar-refractivity contribution < 1.29 is 19.4 Å². The first-order valence-electron chi connectivity index (χ1n) is 12.9. The van der Waals surface area contributed by atoms with Gasteiger partial charge < -0.3 is 29.3 Å². The fourth-order valence-electron chi connectivity index (χ4n) is 4.49. The second-order valence-electron chi connectivity index (χ2n) is 9.79. The topological polar surface area (TPSA) is 65.5 Å². The molecule has 200 valence electrons. The van der Waals surface area contributed by atoms with Gasteiger partial charge in [-0.05, 0) is 69.2 Å². The molecule has 4 rings (SSSR count). The molecule has 7 heteroatoms. The zero-order chi connectivity index (χ0) is 27.1. The van der Waals surface area contributed by atoms with Gasteiger partial charge in [0.25, 0.3) is 0 Å². The number of benzene rings is 3. The van der Waals surface area contributed by atoms with Crippen molar-refractivity contribution >= 4 is 17.5 Å². The molecule has 3 aromatic rings. The van der Waals surface area contributed by atoms with Crippen molar-refractivity contribution in [2.75, 3.05) is 72.5 Å². The zero-order valence-electron chi connectivity index (χ0n) is 22.7. The molecule has 0 saturated carbocycles. The molecule has 38 heavy (non-hydrogen) atoms. The van der Waals surface area contributed by atoms with Gasteiger partial charge in [-0.25, -0.2) is 0 Å². The third-order valence-corrected chi connectivity index (χ3v) is 6.73. The number of phenolic OH excluding ortho intramolecular Hbond substituents is 1. The number of hydrogen-bond donors (Lipinski definition) is 1. The third-order valence-electron chi connectivity index (χ3n) is 6.73. The van der Waals surface area contributed by atoms with Crippen molar-refractivity contribution in [3.8, 4) is 28.4 Å². The standard InChI is InChI=1S/C31H37N3O4/c1-32(2)19-20-38-30-14-10-23(26-7-5-6-8-31(26)37-4)21-24(30)9-13-29(36)27-12-11-25(35)22-28(27)34-17-15-33(3)16-18-34/h5-14,21-22,35H,15-20H2,1-4H3. The highest BCUT2D eigenvalue weighted by Gasteiger charge is 2.20. The largest absolute Gasteiger partial charge is 0.508 e. The molecular formula is C31H37N3O4. The molecule has 1 saturated heterocycles. The number of phenols is 1. The number of methoxy groups -OCH3 is 1. The second-order valence-corrected chi connectivity index (χ2v) is 9.79. The minimum Gasteiger partial charge on any atom is -0.508 e. The highest BCUT2D eigenvalue weighted by atomic mass is 16.5. The Hall–Kier alpha value is -3.81. The summed E-state index contributed by atoms with van der Waals surface area (Å²) in [7, 11) is 7.76. The van der Waals surface area contributed by atoms with Crippen LogP contribution in [0.4, 0.5) is 5.69 Å². The van der Waals surface area contributed by atoms with E-state index in [9.17, 15) is 9.90 Å². The molecule has 0 aromatic heterocycles. The smallest absolute Gasteiger partial charge is 0.187 e. The van der Waals surface area contributed by atoms with Crippen LogP contribution in [0.25, 0.3) is 17.2 Å². The fraction of sp³-hybridized carbons (Fsp3) is 0.323. The minimum atomic E-state index is -0.124. The van der Waals surface area contributed by atoms with Crippen molar-refractivity contribution in [1.29, 1.82) is 0 Å². The van der Waals surface area contributed by atoms with Gasteiger partial charge in [0.15, 0.2) is 5.78 Å². The molecule has 7 nitrogen and oxygen atoms in total. The lowest BCUT2D eigenvalue weighted by Crippen LogP contribution is -2.44. The Kier molecular flexibility index (Phi) is 9.05. The third kappa shape index (κ3) is 6.73. The molecule has 1 aliphatic heterocycles. The minimum absolute atomic E-state index is 0.124. The molecular weight excluding hydrogens is 478 g/mol. The fourth-order valence-corrected chi connectivity index (χ4v) is 4.49. The normalized spacial score (nSPS) is 14.3. The lowest BCUT2D eigenvalue weighted by molar-refractivity contribution is 0.104.